The van der Waals surface area contributed by atoms with Crippen LogP contribution in [0.4, 0.5) is 0 Å². The molecule has 11 nitrogen and oxygen atoms in total. The van der Waals surface area contributed by atoms with Crippen molar-refractivity contribution in [1.29, 1.82) is 0 Å². The Morgan fingerprint density at radius 2 is 1.48 bits per heavy atom. The second kappa shape index (κ2) is 12.7. The maximum atomic E-state index is 12.4. The van der Waals surface area contributed by atoms with Crippen molar-refractivity contribution in [1.82, 2.24) is 16.0 Å². The Kier molecular flexibility index (Phi) is 11.5. The van der Waals surface area contributed by atoms with Gasteiger partial charge >= 0.3 is 11.9 Å². The molecule has 7 N–H and O–H groups in total. The third-order valence-electron chi connectivity index (χ3n) is 4.06. The van der Waals surface area contributed by atoms with E-state index in [0.717, 1.165) is 0 Å². The maximum absolute atomic E-state index is 12.4. The van der Waals surface area contributed by atoms with Crippen LogP contribution in [0.5, 0.6) is 0 Å². The Hall–Kier alpha value is -2.69. The fourth-order valence-electron chi connectivity index (χ4n) is 2.34. The van der Waals surface area contributed by atoms with Crippen molar-refractivity contribution in [3.8, 4) is 0 Å². The average Bonchev–Trinajstić information content (AvgIpc) is 2.60. The summed E-state index contributed by atoms with van der Waals surface area (Å²) in [4.78, 5) is 58.5. The van der Waals surface area contributed by atoms with E-state index < -0.39 is 60.8 Å². The lowest BCUT2D eigenvalue weighted by molar-refractivity contribution is -0.143. The first kappa shape index (κ1) is 26.3. The molecule has 0 fully saturated rings. The molecule has 0 aromatic carbocycles. The molecule has 166 valence electrons. The summed E-state index contributed by atoms with van der Waals surface area (Å²) in [6.45, 7) is 6.61. The van der Waals surface area contributed by atoms with E-state index in [0.29, 0.717) is 0 Å². The molecule has 0 aromatic rings. The van der Waals surface area contributed by atoms with Gasteiger partial charge in [0, 0.05) is 6.42 Å². The quantitative estimate of drug-likeness (QED) is 0.221. The highest BCUT2D eigenvalue weighted by molar-refractivity contribution is 5.92. The molecule has 0 aliphatic carbocycles. The third-order valence-corrected chi connectivity index (χ3v) is 4.06. The Balaban J connectivity index is 5.00. The normalized spacial score (nSPS) is 14.0. The Morgan fingerprint density at radius 3 is 1.93 bits per heavy atom. The minimum absolute atomic E-state index is 0.0103. The van der Waals surface area contributed by atoms with E-state index in [4.69, 9.17) is 10.8 Å². The SMILES string of the molecule is CC(C)CC(NC(=O)C(CCC(=O)O)NC(=O)CNC(=O)C(N)C(C)C)C(=O)O. The van der Waals surface area contributed by atoms with Crippen LogP contribution in [0.2, 0.25) is 0 Å². The molecular formula is C18H32N4O7. The summed E-state index contributed by atoms with van der Waals surface area (Å²) in [5, 5.41) is 25.1. The molecule has 0 radical (unpaired) electrons. The standard InChI is InChI=1S/C18H32N4O7/c1-9(2)7-12(18(28)29)22-16(26)11(5-6-14(24)25)21-13(23)8-20-17(27)15(19)10(3)4/h9-12,15H,5-8,19H2,1-4H3,(H,20,27)(H,21,23)(H,22,26)(H,24,25)(H,28,29). The number of rotatable bonds is 13. The highest BCUT2D eigenvalue weighted by Crippen LogP contribution is 2.07. The van der Waals surface area contributed by atoms with E-state index in [9.17, 15) is 29.1 Å². The van der Waals surface area contributed by atoms with Gasteiger partial charge in [-0.1, -0.05) is 27.7 Å². The zero-order valence-corrected chi connectivity index (χ0v) is 17.2. The number of nitrogens with one attached hydrogen (secondary N) is 3. The van der Waals surface area contributed by atoms with Crippen molar-refractivity contribution in [3.63, 3.8) is 0 Å². The van der Waals surface area contributed by atoms with Crippen LogP contribution in [-0.4, -0.2) is 64.5 Å². The molecule has 11 heteroatoms. The van der Waals surface area contributed by atoms with Crippen molar-refractivity contribution >= 4 is 29.7 Å². The predicted octanol–water partition coefficient (Wildman–Crippen LogP) is -0.949. The third kappa shape index (κ3) is 11.0. The van der Waals surface area contributed by atoms with E-state index >= 15 is 0 Å². The van der Waals surface area contributed by atoms with Gasteiger partial charge in [0.1, 0.15) is 12.1 Å². The molecule has 0 heterocycles. The van der Waals surface area contributed by atoms with Gasteiger partial charge in [0.25, 0.3) is 0 Å². The van der Waals surface area contributed by atoms with Crippen molar-refractivity contribution in [2.45, 2.75) is 65.1 Å². The number of carbonyl (C=O) groups excluding carboxylic acids is 3. The topological polar surface area (TPSA) is 188 Å². The molecule has 0 spiro atoms. The zero-order chi connectivity index (χ0) is 22.7. The van der Waals surface area contributed by atoms with Gasteiger partial charge in [-0.05, 0) is 24.7 Å². The summed E-state index contributed by atoms with van der Waals surface area (Å²) in [5.74, 6) is -4.63. The predicted molar refractivity (Wildman–Crippen MR) is 104 cm³/mol. The van der Waals surface area contributed by atoms with Gasteiger partial charge in [0.2, 0.25) is 17.7 Å². The van der Waals surface area contributed by atoms with Gasteiger partial charge in [-0.15, -0.1) is 0 Å². The molecule has 3 unspecified atom stereocenters. The maximum Gasteiger partial charge on any atom is 0.326 e. The number of carboxylic acids is 2. The summed E-state index contributed by atoms with van der Waals surface area (Å²) in [5.41, 5.74) is 5.67. The molecule has 3 amide bonds. The van der Waals surface area contributed by atoms with E-state index in [1.54, 1.807) is 27.7 Å². The highest BCUT2D eigenvalue weighted by atomic mass is 16.4. The number of amides is 3. The van der Waals surface area contributed by atoms with Gasteiger partial charge in [-0.25, -0.2) is 4.79 Å². The van der Waals surface area contributed by atoms with E-state index in [-0.39, 0.29) is 24.7 Å². The second-order valence-corrected chi connectivity index (χ2v) is 7.57. The lowest BCUT2D eigenvalue weighted by atomic mass is 10.0. The molecule has 0 saturated carbocycles. The largest absolute Gasteiger partial charge is 0.481 e. The molecule has 0 rings (SSSR count). The number of hydrogen-bond donors (Lipinski definition) is 6. The van der Waals surface area contributed by atoms with Gasteiger partial charge in [0.05, 0.1) is 12.6 Å². The summed E-state index contributed by atoms with van der Waals surface area (Å²) in [6.07, 6.45) is -0.477. The fraction of sp³-hybridized carbons (Fsp3) is 0.722. The van der Waals surface area contributed by atoms with Crippen LogP contribution in [0.15, 0.2) is 0 Å². The zero-order valence-electron chi connectivity index (χ0n) is 17.2. The average molecular weight is 416 g/mol. The van der Waals surface area contributed by atoms with E-state index in [1.807, 2.05) is 0 Å². The van der Waals surface area contributed by atoms with Gasteiger partial charge in [-0.3, -0.25) is 19.2 Å². The highest BCUT2D eigenvalue weighted by Gasteiger charge is 2.28. The first-order valence-corrected chi connectivity index (χ1v) is 9.42. The Labute approximate surface area is 169 Å². The molecule has 0 aliphatic heterocycles. The Bertz CT molecular complexity index is 607. The second-order valence-electron chi connectivity index (χ2n) is 7.57. The van der Waals surface area contributed by atoms with Crippen molar-refractivity contribution < 1.29 is 34.2 Å². The van der Waals surface area contributed by atoms with Crippen LogP contribution < -0.4 is 21.7 Å². The minimum Gasteiger partial charge on any atom is -0.481 e. The van der Waals surface area contributed by atoms with Crippen molar-refractivity contribution in [3.05, 3.63) is 0 Å². The van der Waals surface area contributed by atoms with Gasteiger partial charge < -0.3 is 31.9 Å². The minimum atomic E-state index is -1.26. The molecule has 29 heavy (non-hydrogen) atoms. The van der Waals surface area contributed by atoms with Crippen LogP contribution in [0.25, 0.3) is 0 Å². The first-order chi connectivity index (χ1) is 13.3. The molecule has 0 saturated heterocycles. The lowest BCUT2D eigenvalue weighted by Crippen LogP contribution is -2.54. The number of carboxylic acid groups (broad SMARTS) is 2. The number of aliphatic carboxylic acids is 2. The first-order valence-electron chi connectivity index (χ1n) is 9.42. The smallest absolute Gasteiger partial charge is 0.326 e. The van der Waals surface area contributed by atoms with Crippen LogP contribution in [0, 0.1) is 11.8 Å². The molecule has 0 bridgehead atoms. The van der Waals surface area contributed by atoms with Crippen LogP contribution in [-0.2, 0) is 24.0 Å². The number of nitrogens with two attached hydrogens (primary N) is 1. The van der Waals surface area contributed by atoms with Crippen LogP contribution >= 0.6 is 0 Å². The van der Waals surface area contributed by atoms with E-state index in [2.05, 4.69) is 16.0 Å². The molecular weight excluding hydrogens is 384 g/mol. The fourth-order valence-corrected chi connectivity index (χ4v) is 2.34. The molecule has 3 atom stereocenters. The number of carbonyl (C=O) groups is 5. The summed E-state index contributed by atoms with van der Waals surface area (Å²) in [6, 6.07) is -3.24. The van der Waals surface area contributed by atoms with E-state index in [1.165, 1.54) is 0 Å². The summed E-state index contributed by atoms with van der Waals surface area (Å²) >= 11 is 0. The number of hydrogen-bond acceptors (Lipinski definition) is 6. The van der Waals surface area contributed by atoms with Crippen LogP contribution in [0.3, 0.4) is 0 Å². The molecule has 0 aliphatic rings. The van der Waals surface area contributed by atoms with Gasteiger partial charge in [-0.2, -0.15) is 0 Å². The van der Waals surface area contributed by atoms with Crippen LogP contribution in [0.1, 0.15) is 47.0 Å². The van der Waals surface area contributed by atoms with Crippen molar-refractivity contribution in [2.24, 2.45) is 17.6 Å². The summed E-state index contributed by atoms with van der Waals surface area (Å²) < 4.78 is 0. The monoisotopic (exact) mass is 416 g/mol. The lowest BCUT2D eigenvalue weighted by Gasteiger charge is -2.22. The van der Waals surface area contributed by atoms with Crippen molar-refractivity contribution in [2.75, 3.05) is 6.54 Å². The summed E-state index contributed by atoms with van der Waals surface area (Å²) in [7, 11) is 0. The van der Waals surface area contributed by atoms with Gasteiger partial charge in [0.15, 0.2) is 0 Å². The molecule has 0 aromatic heterocycles. The Morgan fingerprint density at radius 1 is 0.897 bits per heavy atom.